The first-order chi connectivity index (χ1) is 4.33. The second-order valence-corrected chi connectivity index (χ2v) is 17.9. The summed E-state index contributed by atoms with van der Waals surface area (Å²) in [6.45, 7) is 1.55. The first kappa shape index (κ1) is 23.1. The van der Waals surface area contributed by atoms with Gasteiger partial charge in [0.25, 0.3) is 0 Å². The first-order valence-electron chi connectivity index (χ1n) is 2.56. The monoisotopic (exact) mass is 567 g/mol. The fourth-order valence-corrected chi connectivity index (χ4v) is 0.289. The summed E-state index contributed by atoms with van der Waals surface area (Å²) in [7, 11) is 0. The molecule has 0 aliphatic rings. The van der Waals surface area contributed by atoms with Crippen LogP contribution in [0, 0.1) is 14.9 Å². The van der Waals surface area contributed by atoms with Gasteiger partial charge in [-0.05, 0) is 25.9 Å². The van der Waals surface area contributed by atoms with E-state index in [1.807, 2.05) is 0 Å². The van der Waals surface area contributed by atoms with Crippen LogP contribution < -0.4 is 11.5 Å². The topological polar surface area (TPSA) is 52.0 Å². The molecule has 0 aromatic heterocycles. The molecule has 0 radical (unpaired) electrons. The van der Waals surface area contributed by atoms with E-state index in [0.717, 1.165) is 25.9 Å². The molecule has 5 heteroatoms. The van der Waals surface area contributed by atoms with E-state index in [1.165, 1.54) is 0 Å². The van der Waals surface area contributed by atoms with Crippen molar-refractivity contribution in [3.8, 4) is 0 Å². The Morgan fingerprint density at radius 2 is 1.09 bits per heavy atom. The number of hydrogen-bond acceptors (Lipinski definition) is 2. The first-order valence-corrected chi connectivity index (χ1v) is 15.4. The molecular formula is C6H18I2N2Pt. The van der Waals surface area contributed by atoms with E-state index in [9.17, 15) is 0 Å². The second-order valence-electron chi connectivity index (χ2n) is 1.33. The van der Waals surface area contributed by atoms with Crippen molar-refractivity contribution in [1.29, 1.82) is 0 Å². The third-order valence-corrected chi connectivity index (χ3v) is 0.658. The van der Waals surface area contributed by atoms with Crippen LogP contribution in [0.4, 0.5) is 0 Å². The van der Waals surface area contributed by atoms with Crippen molar-refractivity contribution in [3.63, 3.8) is 0 Å². The second kappa shape index (κ2) is 29.6. The van der Waals surface area contributed by atoms with Gasteiger partial charge in [-0.25, -0.2) is 0 Å². The quantitative estimate of drug-likeness (QED) is 0.313. The Morgan fingerprint density at radius 3 is 1.18 bits per heavy atom. The molecule has 0 heterocycles. The number of nitrogens with two attached hydrogens (primary N) is 2. The van der Waals surface area contributed by atoms with Gasteiger partial charge in [0, 0.05) is 0 Å². The summed E-state index contributed by atoms with van der Waals surface area (Å²) in [4.78, 5) is 0. The zero-order valence-corrected chi connectivity index (χ0v) is 13.6. The SMILES string of the molecule is NCCCCN.[CH3-].[CH3-].[I][Pt+2][I]. The van der Waals surface area contributed by atoms with Gasteiger partial charge in [-0.15, -0.1) is 0 Å². The van der Waals surface area contributed by atoms with Crippen LogP contribution >= 0.6 is 38.7 Å². The standard InChI is InChI=1S/C4H12N2.2CH3.2HI.Pt/c5-3-1-2-4-6;;;;;/h1-6H2;2*1H3;2*1H;/q;2*-1;;;+4/p-2. The third kappa shape index (κ3) is 47.6. The normalized spacial score (nSPS) is 6.91. The van der Waals surface area contributed by atoms with Crippen molar-refractivity contribution in [2.45, 2.75) is 12.8 Å². The van der Waals surface area contributed by atoms with Crippen molar-refractivity contribution < 1.29 is 11.2 Å². The van der Waals surface area contributed by atoms with Crippen LogP contribution in [0.25, 0.3) is 0 Å². The van der Waals surface area contributed by atoms with E-state index in [0.29, 0.717) is 11.2 Å². The van der Waals surface area contributed by atoms with E-state index >= 15 is 0 Å². The van der Waals surface area contributed by atoms with Gasteiger partial charge in [-0.1, -0.05) is 0 Å². The van der Waals surface area contributed by atoms with E-state index in [-0.39, 0.29) is 14.9 Å². The van der Waals surface area contributed by atoms with Crippen LogP contribution in [0.15, 0.2) is 0 Å². The zero-order valence-electron chi connectivity index (χ0n) is 7.06. The van der Waals surface area contributed by atoms with Crippen molar-refractivity contribution in [3.05, 3.63) is 14.9 Å². The average molecular weight is 567 g/mol. The van der Waals surface area contributed by atoms with Gasteiger partial charge in [-0.3, -0.25) is 0 Å². The van der Waals surface area contributed by atoms with Crippen LogP contribution in [-0.2, 0) is 11.2 Å². The molecule has 11 heavy (non-hydrogen) atoms. The maximum atomic E-state index is 5.16. The Balaban J connectivity index is -0.0000000437. The van der Waals surface area contributed by atoms with Gasteiger partial charge in [0.2, 0.25) is 0 Å². The number of halogens is 2. The van der Waals surface area contributed by atoms with Crippen molar-refractivity contribution in [2.24, 2.45) is 11.5 Å². The number of rotatable bonds is 3. The van der Waals surface area contributed by atoms with Gasteiger partial charge in [0.1, 0.15) is 0 Å². The molecule has 2 nitrogen and oxygen atoms in total. The molecule has 0 unspecified atom stereocenters. The van der Waals surface area contributed by atoms with Crippen LogP contribution in [0.2, 0.25) is 0 Å². The van der Waals surface area contributed by atoms with Gasteiger partial charge in [0.15, 0.2) is 0 Å². The molecule has 0 saturated carbocycles. The summed E-state index contributed by atoms with van der Waals surface area (Å²) in [5.41, 5.74) is 10.3. The van der Waals surface area contributed by atoms with E-state index in [2.05, 4.69) is 38.7 Å². The summed E-state index contributed by atoms with van der Waals surface area (Å²) >= 11 is 5.30. The molecule has 0 bridgehead atoms. The Labute approximate surface area is 101 Å². The van der Waals surface area contributed by atoms with Gasteiger partial charge >= 0.3 is 49.9 Å². The van der Waals surface area contributed by atoms with Crippen molar-refractivity contribution >= 4 is 38.7 Å². The minimum absolute atomic E-state index is 0. The summed E-state index contributed by atoms with van der Waals surface area (Å²) in [5.74, 6) is 0. The fraction of sp³-hybridized carbons (Fsp3) is 0.667. The molecule has 0 saturated heterocycles. The van der Waals surface area contributed by atoms with Crippen molar-refractivity contribution in [2.75, 3.05) is 13.1 Å². The Bertz CT molecular complexity index is 37.8. The average Bonchev–Trinajstić information content (AvgIpc) is 1.86. The molecule has 4 N–H and O–H groups in total. The summed E-state index contributed by atoms with van der Waals surface area (Å²) in [6.07, 6.45) is 2.13. The Morgan fingerprint density at radius 1 is 0.909 bits per heavy atom. The summed E-state index contributed by atoms with van der Waals surface area (Å²) < 4.78 is 0. The summed E-state index contributed by atoms with van der Waals surface area (Å²) in [5, 5.41) is 0. The van der Waals surface area contributed by atoms with E-state index in [1.54, 1.807) is 0 Å². The van der Waals surface area contributed by atoms with Crippen molar-refractivity contribution in [1.82, 2.24) is 0 Å². The molecular weight excluding hydrogens is 549 g/mol. The predicted molar refractivity (Wildman–Crippen MR) is 68.2 cm³/mol. The molecule has 0 atom stereocenters. The van der Waals surface area contributed by atoms with Crippen LogP contribution in [-0.4, -0.2) is 13.1 Å². The minimum atomic E-state index is 0. The van der Waals surface area contributed by atoms with Gasteiger partial charge in [0.05, 0.1) is 0 Å². The third-order valence-electron chi connectivity index (χ3n) is 0.658. The summed E-state index contributed by atoms with van der Waals surface area (Å²) in [6, 6.07) is 0. The molecule has 0 fully saturated rings. The Hall–Kier alpha value is 2.07. The number of unbranched alkanes of at least 4 members (excludes halogenated alkanes) is 1. The molecule has 0 aromatic rings. The molecule has 0 aliphatic carbocycles. The van der Waals surface area contributed by atoms with Crippen LogP contribution in [0.3, 0.4) is 0 Å². The maximum absolute atomic E-state index is 5.16. The Kier molecular flexibility index (Phi) is 62.3. The fourth-order valence-electron chi connectivity index (χ4n) is 0.289. The van der Waals surface area contributed by atoms with E-state index in [4.69, 9.17) is 11.5 Å². The predicted octanol–water partition coefficient (Wildman–Crippen LogP) is 2.35. The molecule has 0 spiro atoms. The molecule has 0 aliphatic heterocycles. The molecule has 0 rings (SSSR count). The number of hydrogen-bond donors (Lipinski definition) is 2. The molecule has 76 valence electrons. The zero-order chi connectivity index (χ0) is 7.54. The van der Waals surface area contributed by atoms with E-state index < -0.39 is 0 Å². The molecule has 0 amide bonds. The van der Waals surface area contributed by atoms with Gasteiger partial charge in [-0.2, -0.15) is 0 Å². The van der Waals surface area contributed by atoms with Crippen LogP contribution in [0.5, 0.6) is 0 Å². The van der Waals surface area contributed by atoms with Gasteiger partial charge < -0.3 is 26.3 Å². The molecule has 0 aromatic carbocycles. The van der Waals surface area contributed by atoms with Crippen LogP contribution in [0.1, 0.15) is 12.8 Å².